The number of hydrogen-bond donors (Lipinski definition) is 2. The van der Waals surface area contributed by atoms with Crippen LogP contribution < -0.4 is 5.32 Å². The molecule has 0 radical (unpaired) electrons. The minimum Gasteiger partial charge on any atom is -0.342 e. The molecule has 6 nitrogen and oxygen atoms in total. The lowest BCUT2D eigenvalue weighted by Gasteiger charge is -2.03. The van der Waals surface area contributed by atoms with Gasteiger partial charge in [0.2, 0.25) is 0 Å². The third-order valence-corrected chi connectivity index (χ3v) is 6.09. The minimum absolute atomic E-state index is 0.510. The molecule has 0 bridgehead atoms. The molecule has 0 unspecified atom stereocenters. The molecule has 0 saturated heterocycles. The van der Waals surface area contributed by atoms with E-state index in [1.807, 2.05) is 66.7 Å². The molecule has 0 saturated carbocycles. The maximum Gasteiger partial charge on any atom is 0.117 e. The molecular formula is C25H22Cl2N6. The van der Waals surface area contributed by atoms with E-state index < -0.39 is 0 Å². The van der Waals surface area contributed by atoms with Crippen LogP contribution in [-0.2, 0) is 19.5 Å². The number of rotatable bonds is 8. The molecule has 5 aromatic rings. The third kappa shape index (κ3) is 5.09. The van der Waals surface area contributed by atoms with Crippen LogP contribution in [0.5, 0.6) is 0 Å². The Morgan fingerprint density at radius 2 is 1.70 bits per heavy atom. The van der Waals surface area contributed by atoms with E-state index in [-0.39, 0.29) is 0 Å². The van der Waals surface area contributed by atoms with Crippen molar-refractivity contribution in [3.05, 3.63) is 99.9 Å². The van der Waals surface area contributed by atoms with Gasteiger partial charge in [0.25, 0.3) is 0 Å². The Hall–Kier alpha value is -3.19. The van der Waals surface area contributed by atoms with Gasteiger partial charge in [-0.3, -0.25) is 0 Å². The van der Waals surface area contributed by atoms with Gasteiger partial charge in [0, 0.05) is 25.1 Å². The van der Waals surface area contributed by atoms with Crippen LogP contribution >= 0.6 is 23.2 Å². The molecule has 3 aromatic carbocycles. The van der Waals surface area contributed by atoms with E-state index in [4.69, 9.17) is 33.4 Å². The second kappa shape index (κ2) is 9.75. The van der Waals surface area contributed by atoms with Crippen molar-refractivity contribution in [1.29, 1.82) is 0 Å². The molecule has 0 aliphatic heterocycles. The summed E-state index contributed by atoms with van der Waals surface area (Å²) in [5.41, 5.74) is 5.83. The fraction of sp³-hybridized carbons (Fsp3) is 0.160. The van der Waals surface area contributed by atoms with E-state index in [2.05, 4.69) is 15.3 Å². The SMILES string of the molecule is Clc1ccc(Cn2nc(CNCCc3nc4ccccc4[nH]3)c(-c3ccccc3)n2)cc1Cl. The highest BCUT2D eigenvalue weighted by Gasteiger charge is 2.14. The van der Waals surface area contributed by atoms with Crippen LogP contribution in [0.25, 0.3) is 22.3 Å². The number of imidazole rings is 1. The van der Waals surface area contributed by atoms with Crippen molar-refractivity contribution in [2.45, 2.75) is 19.5 Å². The van der Waals surface area contributed by atoms with Crippen molar-refractivity contribution in [2.75, 3.05) is 6.54 Å². The number of H-pyrrole nitrogens is 1. The van der Waals surface area contributed by atoms with Gasteiger partial charge in [-0.15, -0.1) is 0 Å². The smallest absolute Gasteiger partial charge is 0.117 e. The molecule has 2 N–H and O–H groups in total. The molecule has 0 amide bonds. The minimum atomic E-state index is 0.510. The van der Waals surface area contributed by atoms with E-state index in [0.717, 1.165) is 52.3 Å². The maximum absolute atomic E-state index is 6.17. The number of para-hydroxylation sites is 2. The van der Waals surface area contributed by atoms with E-state index in [1.54, 1.807) is 10.9 Å². The van der Waals surface area contributed by atoms with Crippen LogP contribution in [0.3, 0.4) is 0 Å². The lowest BCUT2D eigenvalue weighted by Crippen LogP contribution is -2.18. The quantitative estimate of drug-likeness (QED) is 0.289. The van der Waals surface area contributed by atoms with Crippen molar-refractivity contribution >= 4 is 34.2 Å². The Kier molecular flexibility index (Phi) is 6.39. The fourth-order valence-electron chi connectivity index (χ4n) is 3.73. The molecule has 0 aliphatic carbocycles. The number of halogens is 2. The number of nitrogens with zero attached hydrogens (tertiary/aromatic N) is 4. The number of hydrogen-bond acceptors (Lipinski definition) is 4. The van der Waals surface area contributed by atoms with E-state index in [9.17, 15) is 0 Å². The number of aromatic nitrogens is 5. The van der Waals surface area contributed by atoms with Crippen LogP contribution in [0, 0.1) is 0 Å². The van der Waals surface area contributed by atoms with Gasteiger partial charge in [-0.2, -0.15) is 15.0 Å². The van der Waals surface area contributed by atoms with Gasteiger partial charge in [-0.1, -0.05) is 71.7 Å². The molecule has 0 atom stereocenters. The van der Waals surface area contributed by atoms with E-state index in [1.165, 1.54) is 0 Å². The monoisotopic (exact) mass is 476 g/mol. The Bertz CT molecular complexity index is 1340. The second-order valence-corrected chi connectivity index (χ2v) is 8.58. The number of fused-ring (bicyclic) bond motifs is 1. The van der Waals surface area contributed by atoms with Gasteiger partial charge >= 0.3 is 0 Å². The number of aromatic amines is 1. The largest absolute Gasteiger partial charge is 0.342 e. The zero-order chi connectivity index (χ0) is 22.6. The molecule has 2 heterocycles. The highest BCUT2D eigenvalue weighted by Crippen LogP contribution is 2.24. The summed E-state index contributed by atoms with van der Waals surface area (Å²) in [6.07, 6.45) is 0.798. The van der Waals surface area contributed by atoms with Gasteiger partial charge in [-0.25, -0.2) is 4.98 Å². The average molecular weight is 477 g/mol. The third-order valence-electron chi connectivity index (χ3n) is 5.35. The molecule has 0 fully saturated rings. The Morgan fingerprint density at radius 1 is 0.879 bits per heavy atom. The van der Waals surface area contributed by atoms with Gasteiger partial charge in [0.15, 0.2) is 0 Å². The predicted molar refractivity (Wildman–Crippen MR) is 133 cm³/mol. The van der Waals surface area contributed by atoms with Crippen molar-refractivity contribution in [3.63, 3.8) is 0 Å². The molecule has 2 aromatic heterocycles. The first-order valence-corrected chi connectivity index (χ1v) is 11.5. The zero-order valence-corrected chi connectivity index (χ0v) is 19.3. The first kappa shape index (κ1) is 21.6. The van der Waals surface area contributed by atoms with Crippen molar-refractivity contribution in [3.8, 4) is 11.3 Å². The topological polar surface area (TPSA) is 71.4 Å². The zero-order valence-electron chi connectivity index (χ0n) is 17.8. The number of benzene rings is 3. The predicted octanol–water partition coefficient (Wildman–Crippen LogP) is 5.51. The van der Waals surface area contributed by atoms with Gasteiger partial charge in [0.1, 0.15) is 17.2 Å². The summed E-state index contributed by atoms with van der Waals surface area (Å²) in [7, 11) is 0. The van der Waals surface area contributed by atoms with Gasteiger partial charge in [-0.05, 0) is 29.8 Å². The number of nitrogens with one attached hydrogen (secondary N) is 2. The molecule has 0 aliphatic rings. The van der Waals surface area contributed by atoms with Crippen LogP contribution in [0.2, 0.25) is 10.0 Å². The van der Waals surface area contributed by atoms with E-state index in [0.29, 0.717) is 23.1 Å². The van der Waals surface area contributed by atoms with Crippen molar-refractivity contribution in [1.82, 2.24) is 30.3 Å². The Morgan fingerprint density at radius 3 is 2.52 bits per heavy atom. The molecule has 8 heteroatoms. The summed E-state index contributed by atoms with van der Waals surface area (Å²) >= 11 is 12.2. The van der Waals surface area contributed by atoms with Crippen LogP contribution in [0.1, 0.15) is 17.1 Å². The Labute approximate surface area is 201 Å². The first-order valence-electron chi connectivity index (χ1n) is 10.7. The fourth-order valence-corrected chi connectivity index (χ4v) is 4.05. The normalized spacial score (nSPS) is 11.3. The molecule has 166 valence electrons. The highest BCUT2D eigenvalue weighted by atomic mass is 35.5. The van der Waals surface area contributed by atoms with Crippen LogP contribution in [0.15, 0.2) is 72.8 Å². The lowest BCUT2D eigenvalue weighted by molar-refractivity contribution is 0.576. The average Bonchev–Trinajstić information content (AvgIpc) is 3.43. The van der Waals surface area contributed by atoms with Crippen LogP contribution in [-0.4, -0.2) is 31.5 Å². The summed E-state index contributed by atoms with van der Waals surface area (Å²) in [5.74, 6) is 0.968. The first-order chi connectivity index (χ1) is 16.2. The molecule has 33 heavy (non-hydrogen) atoms. The van der Waals surface area contributed by atoms with Crippen molar-refractivity contribution < 1.29 is 0 Å². The summed E-state index contributed by atoms with van der Waals surface area (Å²) < 4.78 is 0. The van der Waals surface area contributed by atoms with E-state index >= 15 is 0 Å². The molecular weight excluding hydrogens is 455 g/mol. The summed E-state index contributed by atoms with van der Waals surface area (Å²) in [5, 5.41) is 14.1. The summed E-state index contributed by atoms with van der Waals surface area (Å²) in [6, 6.07) is 23.7. The Balaban J connectivity index is 1.30. The standard InChI is InChI=1S/C25H22Cl2N6/c26-19-11-10-17(14-20(19)27)16-33-31-23(25(32-33)18-6-2-1-3-7-18)15-28-13-12-24-29-21-8-4-5-9-22(21)30-24/h1-11,14,28H,12-13,15-16H2,(H,29,30). The van der Waals surface area contributed by atoms with Gasteiger partial charge in [0.05, 0.1) is 27.6 Å². The lowest BCUT2D eigenvalue weighted by atomic mass is 10.1. The summed E-state index contributed by atoms with van der Waals surface area (Å²) in [4.78, 5) is 9.71. The highest BCUT2D eigenvalue weighted by molar-refractivity contribution is 6.42. The maximum atomic E-state index is 6.17. The second-order valence-electron chi connectivity index (χ2n) is 7.77. The van der Waals surface area contributed by atoms with Gasteiger partial charge < -0.3 is 10.3 Å². The van der Waals surface area contributed by atoms with Crippen LogP contribution in [0.4, 0.5) is 0 Å². The summed E-state index contributed by atoms with van der Waals surface area (Å²) in [6.45, 7) is 1.88. The molecule has 5 rings (SSSR count). The molecule has 0 spiro atoms. The van der Waals surface area contributed by atoms with Crippen molar-refractivity contribution in [2.24, 2.45) is 0 Å².